The Kier molecular flexibility index (Phi) is 6.59. The van der Waals surface area contributed by atoms with Crippen LogP contribution < -0.4 is 19.9 Å². The Bertz CT molecular complexity index is 1790. The molecule has 5 heterocycles. The zero-order valence-corrected chi connectivity index (χ0v) is 23.3. The van der Waals surface area contributed by atoms with Crippen LogP contribution in [0.3, 0.4) is 0 Å². The Labute approximate surface area is 255 Å². The molecule has 202 valence electrons. The van der Waals surface area contributed by atoms with Crippen molar-refractivity contribution in [1.29, 1.82) is 0 Å². The van der Waals surface area contributed by atoms with Crippen LogP contribution in [-0.2, 0) is 17.1 Å². The van der Waals surface area contributed by atoms with E-state index in [1.165, 1.54) is 0 Å². The Morgan fingerprint density at radius 2 is 0.548 bits per heavy atom. The average molecular weight is 587 g/mol. The maximum absolute atomic E-state index is 5.22. The third-order valence-electron chi connectivity index (χ3n) is 7.55. The quantitative estimate of drug-likeness (QED) is 0.174. The van der Waals surface area contributed by atoms with Crippen molar-refractivity contribution in [2.75, 3.05) is 0 Å². The zero-order valence-electron chi connectivity index (χ0n) is 22.4. The van der Waals surface area contributed by atoms with Gasteiger partial charge in [-0.15, -0.1) is 11.4 Å². The van der Waals surface area contributed by atoms with Gasteiger partial charge in [0, 0.05) is 78.4 Å². The van der Waals surface area contributed by atoms with Crippen molar-refractivity contribution in [3.8, 4) is 11.4 Å². The predicted molar refractivity (Wildman–Crippen MR) is 159 cm³/mol. The van der Waals surface area contributed by atoms with Crippen LogP contribution in [0.25, 0.3) is 11.4 Å². The normalized spacial score (nSPS) is 12.4. The number of rotatable bonds is 3. The topological polar surface area (TPSA) is 56.4 Å². The molecule has 0 fully saturated rings. The molecular weight excluding hydrogens is 564 g/mol. The Hall–Kier alpha value is -5.09. The molecule has 0 amide bonds. The first kappa shape index (κ1) is 25.8. The summed E-state index contributed by atoms with van der Waals surface area (Å²) in [6, 6.07) is 47.7. The van der Waals surface area contributed by atoms with Crippen LogP contribution in [0.15, 0.2) is 140 Å². The molecule has 7 aromatic rings. The predicted octanol–water partition coefficient (Wildman–Crippen LogP) is 6.55. The molecule has 8 bridgehead atoms. The molecule has 0 N–H and O–H groups in total. The van der Waals surface area contributed by atoms with E-state index in [0.717, 1.165) is 80.0 Å². The standard InChI is InChI=1S/C37H23N4.Cu/c1-4-10-24(11-5-1)35-29-18-16-27(38-29)28-17-19-30(39-28)36(25-12-6-2-7-13-25)32-21-23-34(41-32)37(26-14-8-3-9-15-26)33-22-20-31(35)40-33;/h1-23H;/q-1;+1. The number of nitrogens with zero attached hydrogens (tertiary/aromatic N) is 4. The Morgan fingerprint density at radius 1 is 0.286 bits per heavy atom. The van der Waals surface area contributed by atoms with E-state index in [0.29, 0.717) is 0 Å². The van der Waals surface area contributed by atoms with E-state index in [4.69, 9.17) is 19.9 Å². The summed E-state index contributed by atoms with van der Waals surface area (Å²) in [4.78, 5) is 20.6. The molecule has 1 aliphatic heterocycles. The fraction of sp³-hybridized carbons (Fsp3) is 0. The number of aromatic nitrogens is 4. The summed E-state index contributed by atoms with van der Waals surface area (Å²) in [5, 5.41) is 0. The van der Waals surface area contributed by atoms with Crippen molar-refractivity contribution in [3.63, 3.8) is 0 Å². The molecule has 8 rings (SSSR count). The molecule has 1 aliphatic rings. The molecule has 3 aromatic carbocycles. The number of hydrogen-bond donors (Lipinski definition) is 0. The summed E-state index contributed by atoms with van der Waals surface area (Å²) in [5.41, 5.74) is 10.1. The van der Waals surface area contributed by atoms with Crippen LogP contribution in [0.4, 0.5) is 0 Å². The molecule has 0 spiro atoms. The zero-order chi connectivity index (χ0) is 27.2. The van der Waals surface area contributed by atoms with Crippen LogP contribution in [-0.4, -0.2) is 0 Å². The maximum atomic E-state index is 5.22. The van der Waals surface area contributed by atoms with Gasteiger partial charge < -0.3 is 19.9 Å². The minimum atomic E-state index is 0. The second kappa shape index (κ2) is 10.7. The largest absolute Gasteiger partial charge is 1.00 e. The van der Waals surface area contributed by atoms with Gasteiger partial charge in [-0.25, -0.2) is 0 Å². The van der Waals surface area contributed by atoms with E-state index in [1.807, 2.05) is 30.3 Å². The van der Waals surface area contributed by atoms with Crippen molar-refractivity contribution in [3.05, 3.63) is 208 Å². The molecule has 0 radical (unpaired) electrons. The van der Waals surface area contributed by atoms with E-state index < -0.39 is 0 Å². The molecule has 0 saturated heterocycles. The first-order valence-corrected chi connectivity index (χ1v) is 13.7. The molecule has 0 unspecified atom stereocenters. The van der Waals surface area contributed by atoms with Crippen LogP contribution in [0.5, 0.6) is 0 Å². The summed E-state index contributed by atoms with van der Waals surface area (Å²) >= 11 is 0. The summed E-state index contributed by atoms with van der Waals surface area (Å²) < 4.78 is 0. The Morgan fingerprint density at radius 3 is 0.857 bits per heavy atom. The number of fused-ring (bicyclic) bond motifs is 9. The van der Waals surface area contributed by atoms with Gasteiger partial charge >= 0.3 is 17.1 Å². The minimum absolute atomic E-state index is 0. The van der Waals surface area contributed by atoms with E-state index in [-0.39, 0.29) is 17.1 Å². The second-order valence-corrected chi connectivity index (χ2v) is 10.1. The van der Waals surface area contributed by atoms with Gasteiger partial charge in [0.15, 0.2) is 0 Å². The second-order valence-electron chi connectivity index (χ2n) is 10.1. The van der Waals surface area contributed by atoms with E-state index in [1.54, 1.807) is 0 Å². The van der Waals surface area contributed by atoms with Gasteiger partial charge in [0.1, 0.15) is 0 Å². The molecule has 5 heteroatoms. The van der Waals surface area contributed by atoms with Gasteiger partial charge in [-0.05, 0) is 102 Å². The fourth-order valence-electron chi connectivity index (χ4n) is 5.66. The smallest absolute Gasteiger partial charge is 0.644 e. The molecule has 0 atom stereocenters. The minimum Gasteiger partial charge on any atom is -0.644 e. The van der Waals surface area contributed by atoms with Crippen LogP contribution in [0.2, 0.25) is 0 Å². The van der Waals surface area contributed by atoms with E-state index in [2.05, 4.69) is 109 Å². The molecule has 4 aromatic heterocycles. The molecule has 0 aliphatic carbocycles. The van der Waals surface area contributed by atoms with Crippen molar-refractivity contribution in [2.24, 2.45) is 0 Å². The molecular formula is C37H23CuN4. The van der Waals surface area contributed by atoms with Gasteiger partial charge in [-0.3, -0.25) is 0 Å². The van der Waals surface area contributed by atoms with Crippen molar-refractivity contribution in [2.45, 2.75) is 0 Å². The monoisotopic (exact) mass is 586 g/mol. The van der Waals surface area contributed by atoms with E-state index >= 15 is 0 Å². The summed E-state index contributed by atoms with van der Waals surface area (Å²) in [6.45, 7) is 0. The van der Waals surface area contributed by atoms with Gasteiger partial charge in [0.25, 0.3) is 0 Å². The first-order valence-electron chi connectivity index (χ1n) is 13.7. The Balaban J connectivity index is 0.00000288. The fourth-order valence-corrected chi connectivity index (χ4v) is 5.66. The van der Waals surface area contributed by atoms with Crippen LogP contribution >= 0.6 is 0 Å². The molecule has 4 nitrogen and oxygen atoms in total. The van der Waals surface area contributed by atoms with Crippen molar-refractivity contribution >= 4 is 0 Å². The first-order chi connectivity index (χ1) is 20.3. The maximum Gasteiger partial charge on any atom is 1.00 e. The summed E-state index contributed by atoms with van der Waals surface area (Å²) in [6.07, 6.45) is 0. The van der Waals surface area contributed by atoms with E-state index in [9.17, 15) is 0 Å². The van der Waals surface area contributed by atoms with Crippen LogP contribution in [0, 0.1) is 17.8 Å². The SMILES string of the molecule is [Cu+].c1ccc([C+]2c3ccc([n-]3)-c3ccc([n-]3)[C+](c3ccccc3)c3ccc([n-]3)[C+](c3ccccc3)c3ccc2[n-]3)cc1. The van der Waals surface area contributed by atoms with Crippen LogP contribution in [0.1, 0.15) is 50.9 Å². The van der Waals surface area contributed by atoms with Crippen molar-refractivity contribution in [1.82, 2.24) is 19.9 Å². The number of hydrogen-bond acceptors (Lipinski definition) is 0. The van der Waals surface area contributed by atoms with Gasteiger partial charge in [0.05, 0.1) is 16.7 Å². The van der Waals surface area contributed by atoms with Crippen molar-refractivity contribution < 1.29 is 17.1 Å². The van der Waals surface area contributed by atoms with Gasteiger partial charge in [0.2, 0.25) is 0 Å². The number of benzene rings is 3. The summed E-state index contributed by atoms with van der Waals surface area (Å²) in [7, 11) is 0. The molecule has 42 heavy (non-hydrogen) atoms. The third kappa shape index (κ3) is 4.46. The van der Waals surface area contributed by atoms with Gasteiger partial charge in [-0.2, -0.15) is 0 Å². The van der Waals surface area contributed by atoms with Gasteiger partial charge in [-0.1, -0.05) is 11.4 Å². The third-order valence-corrected chi connectivity index (χ3v) is 7.55. The average Bonchev–Trinajstić information content (AvgIpc) is 3.84. The molecule has 0 saturated carbocycles. The summed E-state index contributed by atoms with van der Waals surface area (Å²) in [5.74, 6) is 2.97.